The van der Waals surface area contributed by atoms with E-state index in [2.05, 4.69) is 25.6 Å². The molecule has 1 heterocycles. The molecule has 3 N–H and O–H groups in total. The second kappa shape index (κ2) is 6.21. The third-order valence-electron chi connectivity index (χ3n) is 2.72. The molecule has 0 saturated heterocycles. The summed E-state index contributed by atoms with van der Waals surface area (Å²) in [6.45, 7) is 1.90. The van der Waals surface area contributed by atoms with Gasteiger partial charge in [-0.25, -0.2) is 18.1 Å². The largest absolute Gasteiger partial charge is 0.398 e. The highest BCUT2D eigenvalue weighted by molar-refractivity contribution is 9.10. The summed E-state index contributed by atoms with van der Waals surface area (Å²) in [5, 5.41) is 2.56. The van der Waals surface area contributed by atoms with Crippen molar-refractivity contribution in [2.24, 2.45) is 0 Å². The topological polar surface area (TPSA) is 85.1 Å². The zero-order valence-corrected chi connectivity index (χ0v) is 13.9. The van der Waals surface area contributed by atoms with Crippen LogP contribution < -0.4 is 10.5 Å². The van der Waals surface area contributed by atoms with Gasteiger partial charge in [-0.2, -0.15) is 0 Å². The monoisotopic (exact) mass is 375 g/mol. The van der Waals surface area contributed by atoms with Gasteiger partial charge in [0, 0.05) is 16.0 Å². The van der Waals surface area contributed by atoms with Crippen LogP contribution in [0.4, 0.5) is 5.69 Å². The van der Waals surface area contributed by atoms with Crippen LogP contribution in [-0.4, -0.2) is 13.4 Å². The van der Waals surface area contributed by atoms with E-state index >= 15 is 0 Å². The van der Waals surface area contributed by atoms with E-state index in [1.807, 2.05) is 12.3 Å². The Labute approximate surface area is 130 Å². The molecule has 0 fully saturated rings. The van der Waals surface area contributed by atoms with E-state index in [1.165, 1.54) is 17.4 Å². The number of hydrogen-bond acceptors (Lipinski definition) is 5. The number of hydrogen-bond donors (Lipinski definition) is 2. The van der Waals surface area contributed by atoms with Crippen LogP contribution in [0.2, 0.25) is 0 Å². The molecule has 5 nitrogen and oxygen atoms in total. The lowest BCUT2D eigenvalue weighted by Gasteiger charge is -2.15. The first-order chi connectivity index (χ1) is 9.44. The number of halogens is 1. The summed E-state index contributed by atoms with van der Waals surface area (Å²) in [7, 11) is -3.67. The van der Waals surface area contributed by atoms with Gasteiger partial charge in [0.15, 0.2) is 0 Å². The van der Waals surface area contributed by atoms with Crippen molar-refractivity contribution < 1.29 is 8.42 Å². The summed E-state index contributed by atoms with van der Waals surface area (Å²) in [4.78, 5) is 4.23. The van der Waals surface area contributed by atoms with Crippen molar-refractivity contribution in [3.63, 3.8) is 0 Å². The number of benzene rings is 1. The van der Waals surface area contributed by atoms with E-state index in [4.69, 9.17) is 5.73 Å². The number of nitrogens with zero attached hydrogens (tertiary/aromatic N) is 1. The SMILES string of the molecule is CCC(NS(=O)(=O)c1ccc(Br)cc1N)c1nccs1. The van der Waals surface area contributed by atoms with Crippen molar-refractivity contribution in [2.45, 2.75) is 24.3 Å². The van der Waals surface area contributed by atoms with Crippen LogP contribution in [0.1, 0.15) is 24.4 Å². The highest BCUT2D eigenvalue weighted by atomic mass is 79.9. The first kappa shape index (κ1) is 15.4. The van der Waals surface area contributed by atoms with E-state index < -0.39 is 10.0 Å². The van der Waals surface area contributed by atoms with E-state index in [-0.39, 0.29) is 16.6 Å². The lowest BCUT2D eigenvalue weighted by atomic mass is 10.3. The molecule has 1 aromatic heterocycles. The van der Waals surface area contributed by atoms with Gasteiger partial charge in [-0.3, -0.25) is 0 Å². The van der Waals surface area contributed by atoms with Gasteiger partial charge in [0.1, 0.15) is 9.90 Å². The van der Waals surface area contributed by atoms with E-state index in [0.29, 0.717) is 6.42 Å². The zero-order valence-electron chi connectivity index (χ0n) is 10.7. The molecule has 0 saturated carbocycles. The molecule has 1 aromatic carbocycles. The number of anilines is 1. The molecule has 0 spiro atoms. The average molecular weight is 376 g/mol. The summed E-state index contributed by atoms with van der Waals surface area (Å²) in [6.07, 6.45) is 2.27. The third kappa shape index (κ3) is 3.38. The second-order valence-corrected chi connectivity index (χ2v) is 7.66. The molecule has 0 aliphatic carbocycles. The highest BCUT2D eigenvalue weighted by Crippen LogP contribution is 2.26. The van der Waals surface area contributed by atoms with Gasteiger partial charge in [0.2, 0.25) is 10.0 Å². The standard InChI is InChI=1S/C12H14BrN3O2S2/c1-2-10(12-15-5-6-19-12)16-20(17,18)11-4-3-8(13)7-9(11)14/h3-7,10,16H,2,14H2,1H3. The molecule has 0 aliphatic rings. The van der Waals surface area contributed by atoms with Crippen molar-refractivity contribution in [1.82, 2.24) is 9.71 Å². The maximum Gasteiger partial charge on any atom is 0.243 e. The van der Waals surface area contributed by atoms with Crippen molar-refractivity contribution in [2.75, 3.05) is 5.73 Å². The average Bonchev–Trinajstić information content (AvgIpc) is 2.89. The zero-order chi connectivity index (χ0) is 14.8. The Balaban J connectivity index is 2.31. The molecule has 0 amide bonds. The van der Waals surface area contributed by atoms with Crippen LogP contribution in [0.5, 0.6) is 0 Å². The number of sulfonamides is 1. The Bertz CT molecular complexity index is 687. The molecule has 2 rings (SSSR count). The van der Waals surface area contributed by atoms with Crippen molar-refractivity contribution in [1.29, 1.82) is 0 Å². The van der Waals surface area contributed by atoms with E-state index in [0.717, 1.165) is 9.48 Å². The lowest BCUT2D eigenvalue weighted by molar-refractivity contribution is 0.549. The van der Waals surface area contributed by atoms with Crippen molar-refractivity contribution in [3.05, 3.63) is 39.3 Å². The molecule has 8 heteroatoms. The second-order valence-electron chi connectivity index (χ2n) is 4.13. The number of nitrogens with one attached hydrogen (secondary N) is 1. The molecule has 108 valence electrons. The summed E-state index contributed by atoms with van der Waals surface area (Å²) in [5.41, 5.74) is 5.99. The fourth-order valence-electron chi connectivity index (χ4n) is 1.73. The van der Waals surface area contributed by atoms with E-state index in [9.17, 15) is 8.42 Å². The normalized spacial score (nSPS) is 13.3. The number of rotatable bonds is 5. The van der Waals surface area contributed by atoms with Crippen LogP contribution in [0, 0.1) is 0 Å². The molecule has 0 bridgehead atoms. The number of thiazole rings is 1. The van der Waals surface area contributed by atoms with Crippen molar-refractivity contribution in [3.8, 4) is 0 Å². The van der Waals surface area contributed by atoms with Gasteiger partial charge in [-0.15, -0.1) is 11.3 Å². The number of aromatic nitrogens is 1. The molecule has 1 atom stereocenters. The number of nitrogen functional groups attached to an aromatic ring is 1. The first-order valence-electron chi connectivity index (χ1n) is 5.90. The molecule has 0 aliphatic heterocycles. The molecule has 1 unspecified atom stereocenters. The highest BCUT2D eigenvalue weighted by Gasteiger charge is 2.23. The Kier molecular flexibility index (Phi) is 4.79. The Morgan fingerprint density at radius 1 is 1.50 bits per heavy atom. The van der Waals surface area contributed by atoms with Gasteiger partial charge < -0.3 is 5.73 Å². The smallest absolute Gasteiger partial charge is 0.243 e. The Morgan fingerprint density at radius 2 is 2.25 bits per heavy atom. The maximum absolute atomic E-state index is 12.4. The van der Waals surface area contributed by atoms with Gasteiger partial charge in [0.25, 0.3) is 0 Å². The van der Waals surface area contributed by atoms with Crippen LogP contribution in [0.15, 0.2) is 39.1 Å². The van der Waals surface area contributed by atoms with E-state index in [1.54, 1.807) is 18.3 Å². The van der Waals surface area contributed by atoms with Crippen LogP contribution in [0.3, 0.4) is 0 Å². The summed E-state index contributed by atoms with van der Waals surface area (Å²) in [6, 6.07) is 4.35. The van der Waals surface area contributed by atoms with Gasteiger partial charge in [0.05, 0.1) is 11.7 Å². The molecule has 20 heavy (non-hydrogen) atoms. The molecule has 2 aromatic rings. The number of nitrogens with two attached hydrogens (primary N) is 1. The van der Waals surface area contributed by atoms with Gasteiger partial charge >= 0.3 is 0 Å². The van der Waals surface area contributed by atoms with Crippen LogP contribution >= 0.6 is 27.3 Å². The predicted molar refractivity (Wildman–Crippen MR) is 84.0 cm³/mol. The minimum Gasteiger partial charge on any atom is -0.398 e. The lowest BCUT2D eigenvalue weighted by Crippen LogP contribution is -2.28. The minimum absolute atomic E-state index is 0.0794. The van der Waals surface area contributed by atoms with Gasteiger partial charge in [-0.05, 0) is 24.6 Å². The summed E-state index contributed by atoms with van der Waals surface area (Å²) < 4.78 is 28.2. The minimum atomic E-state index is -3.67. The molecule has 0 radical (unpaired) electrons. The fourth-order valence-corrected chi connectivity index (χ4v) is 4.35. The Morgan fingerprint density at radius 3 is 2.80 bits per heavy atom. The molecular weight excluding hydrogens is 362 g/mol. The Hall–Kier alpha value is -0.960. The van der Waals surface area contributed by atoms with Crippen LogP contribution in [0.25, 0.3) is 0 Å². The van der Waals surface area contributed by atoms with Crippen molar-refractivity contribution >= 4 is 43.0 Å². The predicted octanol–water partition coefficient (Wildman–Crippen LogP) is 2.92. The maximum atomic E-state index is 12.4. The summed E-state index contributed by atoms with van der Waals surface area (Å²) in [5.74, 6) is 0. The quantitative estimate of drug-likeness (QED) is 0.786. The van der Waals surface area contributed by atoms with Crippen LogP contribution in [-0.2, 0) is 10.0 Å². The fraction of sp³-hybridized carbons (Fsp3) is 0.250. The first-order valence-corrected chi connectivity index (χ1v) is 9.06. The third-order valence-corrected chi connectivity index (χ3v) is 5.64. The van der Waals surface area contributed by atoms with Gasteiger partial charge in [-0.1, -0.05) is 22.9 Å². The molecular formula is C12H14BrN3O2S2. The summed E-state index contributed by atoms with van der Waals surface area (Å²) >= 11 is 4.68.